The van der Waals surface area contributed by atoms with Crippen LogP contribution < -0.4 is 11.1 Å². The third-order valence-corrected chi connectivity index (χ3v) is 3.29. The van der Waals surface area contributed by atoms with Crippen molar-refractivity contribution in [3.05, 3.63) is 29.1 Å². The van der Waals surface area contributed by atoms with Gasteiger partial charge in [-0.05, 0) is 30.7 Å². The van der Waals surface area contributed by atoms with Crippen molar-refractivity contribution in [1.29, 1.82) is 0 Å². The molecule has 0 fully saturated rings. The average Bonchev–Trinajstić information content (AvgIpc) is 2.95. The fraction of sp³-hybridized carbons (Fsp3) is 0.214. The SMILES string of the molecule is Cc1cc(O)ccc1-c1csc(NC(=O)C(=O)O)n1.NCCO. The number of carboxylic acids is 1. The lowest BCUT2D eigenvalue weighted by Crippen LogP contribution is -2.21. The number of aromatic nitrogens is 1. The Morgan fingerprint density at radius 1 is 1.39 bits per heavy atom. The molecule has 23 heavy (non-hydrogen) atoms. The Labute approximate surface area is 136 Å². The molecule has 8 nitrogen and oxygen atoms in total. The van der Waals surface area contributed by atoms with Crippen LogP contribution in [0.2, 0.25) is 0 Å². The number of carbonyl (C=O) groups excluding carboxylic acids is 1. The zero-order chi connectivity index (χ0) is 17.4. The molecule has 2 aromatic rings. The van der Waals surface area contributed by atoms with E-state index in [0.717, 1.165) is 22.5 Å². The molecule has 124 valence electrons. The minimum absolute atomic E-state index is 0.0972. The maximum absolute atomic E-state index is 11.0. The van der Waals surface area contributed by atoms with Crippen LogP contribution in [0.25, 0.3) is 11.3 Å². The number of aliphatic hydroxyl groups excluding tert-OH is 1. The molecule has 0 saturated heterocycles. The summed E-state index contributed by atoms with van der Waals surface area (Å²) in [5.74, 6) is -2.52. The Morgan fingerprint density at radius 2 is 2.04 bits per heavy atom. The summed E-state index contributed by atoms with van der Waals surface area (Å²) in [7, 11) is 0. The van der Waals surface area contributed by atoms with Gasteiger partial charge in [0.2, 0.25) is 0 Å². The number of hydrogen-bond donors (Lipinski definition) is 5. The van der Waals surface area contributed by atoms with Gasteiger partial charge in [0, 0.05) is 17.5 Å². The highest BCUT2D eigenvalue weighted by Crippen LogP contribution is 2.29. The Morgan fingerprint density at radius 3 is 2.57 bits per heavy atom. The summed E-state index contributed by atoms with van der Waals surface area (Å²) < 4.78 is 0. The van der Waals surface area contributed by atoms with Crippen LogP contribution in [0.5, 0.6) is 5.75 Å². The monoisotopic (exact) mass is 339 g/mol. The number of nitrogens with two attached hydrogens (primary N) is 1. The van der Waals surface area contributed by atoms with E-state index in [1.807, 2.05) is 6.92 Å². The number of rotatable bonds is 3. The standard InChI is InChI=1S/C12H10N2O4S.C2H7NO/c1-6-4-7(15)2-3-8(6)9-5-19-12(13-9)14-10(16)11(17)18;3-1-2-4/h2-5,15H,1H3,(H,17,18)(H,13,14,16);4H,1-3H2. The smallest absolute Gasteiger partial charge is 0.394 e. The number of phenolic OH excluding ortho intramolecular Hbond substituents is 1. The van der Waals surface area contributed by atoms with Crippen LogP contribution in [0.1, 0.15) is 5.56 Å². The molecule has 0 aliphatic rings. The van der Waals surface area contributed by atoms with Crippen molar-refractivity contribution in [2.45, 2.75) is 6.92 Å². The van der Waals surface area contributed by atoms with Gasteiger partial charge in [0.15, 0.2) is 5.13 Å². The summed E-state index contributed by atoms with van der Waals surface area (Å²) in [6.07, 6.45) is 0. The summed E-state index contributed by atoms with van der Waals surface area (Å²) in [6, 6.07) is 4.85. The summed E-state index contributed by atoms with van der Waals surface area (Å²) in [6.45, 7) is 2.30. The fourth-order valence-corrected chi connectivity index (χ4v) is 2.25. The second-order valence-corrected chi connectivity index (χ2v) is 5.17. The Balaban J connectivity index is 0.000000593. The first kappa shape index (κ1) is 18.6. The molecule has 0 radical (unpaired) electrons. The molecule has 1 aromatic carbocycles. The highest BCUT2D eigenvalue weighted by molar-refractivity contribution is 7.14. The van der Waals surface area contributed by atoms with Crippen molar-refractivity contribution in [1.82, 2.24) is 4.98 Å². The third kappa shape index (κ3) is 5.66. The van der Waals surface area contributed by atoms with Crippen LogP contribution in [0, 0.1) is 6.92 Å². The molecule has 0 unspecified atom stereocenters. The van der Waals surface area contributed by atoms with E-state index in [1.165, 1.54) is 6.07 Å². The van der Waals surface area contributed by atoms with E-state index in [-0.39, 0.29) is 17.5 Å². The molecular formula is C14H17N3O5S. The fourth-order valence-electron chi connectivity index (χ4n) is 1.54. The zero-order valence-electron chi connectivity index (χ0n) is 12.3. The number of hydrogen-bond acceptors (Lipinski definition) is 7. The minimum atomic E-state index is -1.56. The predicted octanol–water partition coefficient (Wildman–Crippen LogP) is 0.785. The molecule has 6 N–H and O–H groups in total. The molecule has 9 heteroatoms. The number of phenols is 1. The average molecular weight is 339 g/mol. The first-order valence-electron chi connectivity index (χ1n) is 6.49. The minimum Gasteiger partial charge on any atom is -0.508 e. The second kappa shape index (κ2) is 8.83. The molecule has 2 rings (SSSR count). The predicted molar refractivity (Wildman–Crippen MR) is 86.4 cm³/mol. The molecular weight excluding hydrogens is 322 g/mol. The van der Waals surface area contributed by atoms with E-state index in [4.69, 9.17) is 15.9 Å². The number of aryl methyl sites for hydroxylation is 1. The van der Waals surface area contributed by atoms with Gasteiger partial charge in [-0.3, -0.25) is 10.1 Å². The molecule has 0 spiro atoms. The van der Waals surface area contributed by atoms with Crippen molar-refractivity contribution in [3.8, 4) is 17.0 Å². The highest BCUT2D eigenvalue weighted by atomic mass is 32.1. The number of carboxylic acid groups (broad SMARTS) is 1. The molecule has 1 amide bonds. The van der Waals surface area contributed by atoms with E-state index >= 15 is 0 Å². The highest BCUT2D eigenvalue weighted by Gasteiger charge is 2.14. The number of thiazole rings is 1. The molecule has 1 aromatic heterocycles. The van der Waals surface area contributed by atoms with Crippen LogP contribution in [-0.2, 0) is 9.59 Å². The number of aromatic hydroxyl groups is 1. The summed E-state index contributed by atoms with van der Waals surface area (Å²) >= 11 is 1.13. The van der Waals surface area contributed by atoms with Gasteiger partial charge in [-0.2, -0.15) is 0 Å². The van der Waals surface area contributed by atoms with Gasteiger partial charge >= 0.3 is 11.9 Å². The van der Waals surface area contributed by atoms with Crippen molar-refractivity contribution in [2.24, 2.45) is 5.73 Å². The van der Waals surface area contributed by atoms with Crippen molar-refractivity contribution in [2.75, 3.05) is 18.5 Å². The van der Waals surface area contributed by atoms with Gasteiger partial charge in [-0.1, -0.05) is 0 Å². The lowest BCUT2D eigenvalue weighted by atomic mass is 10.1. The largest absolute Gasteiger partial charge is 0.508 e. The number of benzene rings is 1. The molecule has 0 aliphatic carbocycles. The Hall–Kier alpha value is -2.49. The van der Waals surface area contributed by atoms with E-state index in [9.17, 15) is 14.7 Å². The van der Waals surface area contributed by atoms with E-state index in [2.05, 4.69) is 10.3 Å². The maximum atomic E-state index is 11.0. The molecule has 0 saturated carbocycles. The quantitative estimate of drug-likeness (QED) is 0.519. The lowest BCUT2D eigenvalue weighted by molar-refractivity contribution is -0.147. The number of nitrogens with zero attached hydrogens (tertiary/aromatic N) is 1. The van der Waals surface area contributed by atoms with Crippen LogP contribution in [-0.4, -0.2) is 45.3 Å². The van der Waals surface area contributed by atoms with E-state index in [1.54, 1.807) is 17.5 Å². The van der Waals surface area contributed by atoms with E-state index in [0.29, 0.717) is 12.2 Å². The number of aliphatic carboxylic acids is 1. The summed E-state index contributed by atoms with van der Waals surface area (Å²) in [5.41, 5.74) is 7.04. The first-order chi connectivity index (χ1) is 10.9. The van der Waals surface area contributed by atoms with Crippen LogP contribution in [0.3, 0.4) is 0 Å². The van der Waals surface area contributed by atoms with Gasteiger partial charge in [0.1, 0.15) is 5.75 Å². The van der Waals surface area contributed by atoms with E-state index < -0.39 is 11.9 Å². The number of nitrogens with one attached hydrogen (secondary N) is 1. The second-order valence-electron chi connectivity index (χ2n) is 4.31. The third-order valence-electron chi connectivity index (χ3n) is 2.53. The van der Waals surface area contributed by atoms with Gasteiger partial charge < -0.3 is 21.1 Å². The number of carbonyl (C=O) groups is 2. The topological polar surface area (TPSA) is 146 Å². The summed E-state index contributed by atoms with van der Waals surface area (Å²) in [4.78, 5) is 25.5. The number of aliphatic hydroxyl groups is 1. The Bertz CT molecular complexity index is 685. The molecule has 0 atom stereocenters. The lowest BCUT2D eigenvalue weighted by Gasteiger charge is -2.02. The molecule has 0 bridgehead atoms. The first-order valence-corrected chi connectivity index (χ1v) is 7.37. The van der Waals surface area contributed by atoms with Crippen molar-refractivity contribution in [3.63, 3.8) is 0 Å². The van der Waals surface area contributed by atoms with Gasteiger partial charge in [0.25, 0.3) is 0 Å². The van der Waals surface area contributed by atoms with Gasteiger partial charge in [-0.15, -0.1) is 11.3 Å². The van der Waals surface area contributed by atoms with Crippen molar-refractivity contribution >= 4 is 28.3 Å². The number of amides is 1. The van der Waals surface area contributed by atoms with Gasteiger partial charge in [0.05, 0.1) is 12.3 Å². The van der Waals surface area contributed by atoms with Gasteiger partial charge in [-0.25, -0.2) is 9.78 Å². The van der Waals surface area contributed by atoms with Crippen LogP contribution in [0.15, 0.2) is 23.6 Å². The van der Waals surface area contributed by atoms with Crippen LogP contribution in [0.4, 0.5) is 5.13 Å². The molecule has 0 aliphatic heterocycles. The van der Waals surface area contributed by atoms with Crippen molar-refractivity contribution < 1.29 is 24.9 Å². The molecule has 1 heterocycles. The maximum Gasteiger partial charge on any atom is 0.394 e. The summed E-state index contributed by atoms with van der Waals surface area (Å²) in [5, 5.41) is 29.7. The Kier molecular flexibility index (Phi) is 7.13. The van der Waals surface area contributed by atoms with Crippen LogP contribution >= 0.6 is 11.3 Å². The number of anilines is 1. The zero-order valence-corrected chi connectivity index (χ0v) is 13.1. The normalized spacial score (nSPS) is 9.70.